The van der Waals surface area contributed by atoms with Gasteiger partial charge in [0, 0.05) is 31.7 Å². The first-order valence-electron chi connectivity index (χ1n) is 15.4. The van der Waals surface area contributed by atoms with E-state index in [-0.39, 0.29) is 23.9 Å². The molecular formula is C33H40N6O5S. The first-order valence-corrected chi connectivity index (χ1v) is 16.9. The molecule has 0 bridgehead atoms. The molecule has 45 heavy (non-hydrogen) atoms. The van der Waals surface area contributed by atoms with E-state index in [1.54, 1.807) is 30.4 Å². The van der Waals surface area contributed by atoms with Gasteiger partial charge in [0.25, 0.3) is 0 Å². The molecule has 1 spiro atoms. The molecule has 3 aliphatic rings. The molecule has 1 aliphatic carbocycles. The van der Waals surface area contributed by atoms with Crippen molar-refractivity contribution in [2.45, 2.75) is 76.5 Å². The van der Waals surface area contributed by atoms with Crippen LogP contribution in [-0.2, 0) is 11.3 Å². The zero-order valence-corrected chi connectivity index (χ0v) is 27.1. The molecule has 1 atom stereocenters. The topological polar surface area (TPSA) is 146 Å². The number of hydrogen-bond donors (Lipinski definition) is 4. The predicted molar refractivity (Wildman–Crippen MR) is 172 cm³/mol. The van der Waals surface area contributed by atoms with Gasteiger partial charge in [-0.15, -0.1) is 15.9 Å². The van der Waals surface area contributed by atoms with Crippen molar-refractivity contribution in [2.24, 2.45) is 5.41 Å². The molecule has 4 heterocycles. The summed E-state index contributed by atoms with van der Waals surface area (Å²) >= 11 is 0. The Hall–Kier alpha value is -3.55. The molecule has 4 N–H and O–H groups in total. The minimum absolute atomic E-state index is 0.231. The number of fused-ring (bicyclic) bond motifs is 2. The number of nitrogens with one attached hydrogen (secondary N) is 1. The number of carboxylic acid groups (broad SMARTS) is 1. The average molecular weight is 633 g/mol. The molecule has 2 fully saturated rings. The number of carbonyl (C=O) groups is 1. The Balaban J connectivity index is 1.31. The summed E-state index contributed by atoms with van der Waals surface area (Å²) in [7, 11) is -3.46. The van der Waals surface area contributed by atoms with Gasteiger partial charge >= 0.3 is 5.97 Å². The Labute approximate surface area is 264 Å². The van der Waals surface area contributed by atoms with Gasteiger partial charge in [0.05, 0.1) is 23.5 Å². The second kappa shape index (κ2) is 10.5. The highest BCUT2D eigenvalue weighted by Crippen LogP contribution is 2.58. The standard InChI is InChI=1S/C33H40N6O5S/c1-19-12-27-30(35-14-19)44-33(16-34-17-33)18-38(45(27,42)43)15-23-13-22(7-6-20(23)2)28(32(4,5)31(40)41)25-10-11-26-29(21(25)3)36-37-39(26)24-8-9-24/h6-7,10-14,24,28,34,42-43H,8-9,15-18H2,1-5H3,(H,40,41). The van der Waals surface area contributed by atoms with Crippen molar-refractivity contribution in [3.05, 3.63) is 76.0 Å². The average Bonchev–Trinajstić information content (AvgIpc) is 3.73. The van der Waals surface area contributed by atoms with Gasteiger partial charge in [-0.2, -0.15) is 4.31 Å². The fourth-order valence-corrected chi connectivity index (χ4v) is 8.40. The normalized spacial score (nSPS) is 20.6. The van der Waals surface area contributed by atoms with Crippen LogP contribution in [0.3, 0.4) is 0 Å². The van der Waals surface area contributed by atoms with Crippen LogP contribution in [0.4, 0.5) is 0 Å². The maximum Gasteiger partial charge on any atom is 0.310 e. The summed E-state index contributed by atoms with van der Waals surface area (Å²) in [6.45, 7) is 11.0. The number of aryl methyl sites for hydroxylation is 3. The van der Waals surface area contributed by atoms with E-state index in [0.29, 0.717) is 19.1 Å². The molecule has 11 nitrogen and oxygen atoms in total. The lowest BCUT2D eigenvalue weighted by molar-refractivity contribution is -0.147. The highest BCUT2D eigenvalue weighted by atomic mass is 32.3. The van der Waals surface area contributed by atoms with Crippen molar-refractivity contribution in [3.8, 4) is 5.88 Å². The summed E-state index contributed by atoms with van der Waals surface area (Å²) < 4.78 is 33.6. The molecule has 0 amide bonds. The number of carboxylic acids is 1. The number of hydrogen-bond acceptors (Lipinski definition) is 9. The number of pyridine rings is 1. The third-order valence-electron chi connectivity index (χ3n) is 9.75. The number of aliphatic carboxylic acids is 1. The van der Waals surface area contributed by atoms with Crippen LogP contribution in [0.2, 0.25) is 0 Å². The minimum atomic E-state index is -3.46. The van der Waals surface area contributed by atoms with Gasteiger partial charge in [0.15, 0.2) is 0 Å². The van der Waals surface area contributed by atoms with E-state index in [9.17, 15) is 19.0 Å². The lowest BCUT2D eigenvalue weighted by Crippen LogP contribution is -2.67. The fourth-order valence-electron chi connectivity index (χ4n) is 6.72. The summed E-state index contributed by atoms with van der Waals surface area (Å²) in [5.41, 5.74) is 5.24. The zero-order valence-electron chi connectivity index (χ0n) is 26.2. The van der Waals surface area contributed by atoms with Crippen molar-refractivity contribution in [1.29, 1.82) is 0 Å². The largest absolute Gasteiger partial charge is 0.481 e. The van der Waals surface area contributed by atoms with Crippen molar-refractivity contribution in [1.82, 2.24) is 29.6 Å². The highest BCUT2D eigenvalue weighted by Gasteiger charge is 2.48. The quantitative estimate of drug-likeness (QED) is 0.203. The molecule has 7 rings (SSSR count). The lowest BCUT2D eigenvalue weighted by Gasteiger charge is -2.46. The molecule has 1 unspecified atom stereocenters. The SMILES string of the molecule is Cc1cnc2c(c1)S(O)(O)N(Cc1cc(C(c3ccc4c(nnn4C4CC4)c3C)C(C)(C)C(=O)O)ccc1C)CC1(CNC1)O2. The van der Waals surface area contributed by atoms with Crippen LogP contribution in [-0.4, -0.2) is 69.7 Å². The van der Waals surface area contributed by atoms with Gasteiger partial charge in [0.1, 0.15) is 16.0 Å². The summed E-state index contributed by atoms with van der Waals surface area (Å²) in [6.07, 6.45) is 3.86. The van der Waals surface area contributed by atoms with Crippen LogP contribution in [0.15, 0.2) is 47.5 Å². The van der Waals surface area contributed by atoms with Crippen LogP contribution >= 0.6 is 10.8 Å². The molecule has 0 radical (unpaired) electrons. The zero-order chi connectivity index (χ0) is 31.9. The van der Waals surface area contributed by atoms with E-state index >= 15 is 0 Å². The Morgan fingerprint density at radius 2 is 1.91 bits per heavy atom. The Morgan fingerprint density at radius 3 is 2.58 bits per heavy atom. The Bertz CT molecular complexity index is 1830. The van der Waals surface area contributed by atoms with Crippen LogP contribution in [0, 0.1) is 26.2 Å². The highest BCUT2D eigenvalue weighted by molar-refractivity contribution is 8.22. The molecule has 238 valence electrons. The molecule has 2 aromatic heterocycles. The maximum atomic E-state index is 12.8. The molecule has 2 aromatic carbocycles. The van der Waals surface area contributed by atoms with E-state index in [1.807, 2.05) is 55.8 Å². The van der Waals surface area contributed by atoms with Gasteiger partial charge in [-0.1, -0.05) is 29.5 Å². The second-order valence-corrected chi connectivity index (χ2v) is 15.6. The Kier molecular flexibility index (Phi) is 7.03. The second-order valence-electron chi connectivity index (χ2n) is 13.6. The van der Waals surface area contributed by atoms with E-state index in [0.717, 1.165) is 57.3 Å². The first kappa shape index (κ1) is 30.1. The lowest BCUT2D eigenvalue weighted by atomic mass is 9.69. The molecular weight excluding hydrogens is 592 g/mol. The maximum absolute atomic E-state index is 12.8. The van der Waals surface area contributed by atoms with E-state index in [2.05, 4.69) is 20.6 Å². The van der Waals surface area contributed by atoms with Gasteiger partial charge in [-0.05, 0) is 93.0 Å². The van der Waals surface area contributed by atoms with Gasteiger partial charge in [-0.25, -0.2) is 9.67 Å². The third-order valence-corrected chi connectivity index (χ3v) is 11.6. The monoisotopic (exact) mass is 632 g/mol. The third kappa shape index (κ3) is 4.99. The van der Waals surface area contributed by atoms with Gasteiger partial charge in [0.2, 0.25) is 5.88 Å². The number of ether oxygens (including phenoxy) is 1. The van der Waals surface area contributed by atoms with Crippen LogP contribution in [0.5, 0.6) is 5.88 Å². The fraction of sp³-hybridized carbons (Fsp3) is 0.455. The number of rotatable bonds is 7. The molecule has 2 aliphatic heterocycles. The number of aromatic nitrogens is 4. The van der Waals surface area contributed by atoms with Crippen LogP contribution in [0.25, 0.3) is 11.0 Å². The molecule has 4 aromatic rings. The van der Waals surface area contributed by atoms with Gasteiger partial charge in [-0.3, -0.25) is 13.9 Å². The van der Waals surface area contributed by atoms with E-state index < -0.39 is 33.7 Å². The van der Waals surface area contributed by atoms with E-state index in [4.69, 9.17) is 4.74 Å². The van der Waals surface area contributed by atoms with E-state index in [1.165, 1.54) is 0 Å². The van der Waals surface area contributed by atoms with Crippen molar-refractivity contribution in [3.63, 3.8) is 0 Å². The summed E-state index contributed by atoms with van der Waals surface area (Å²) in [5, 5.41) is 22.7. The first-order chi connectivity index (χ1) is 21.3. The summed E-state index contributed by atoms with van der Waals surface area (Å²) in [5.74, 6) is -1.16. The van der Waals surface area contributed by atoms with Crippen molar-refractivity contribution in [2.75, 3.05) is 19.6 Å². The predicted octanol–water partition coefficient (Wildman–Crippen LogP) is 5.59. The van der Waals surface area contributed by atoms with Crippen molar-refractivity contribution >= 4 is 27.8 Å². The Morgan fingerprint density at radius 1 is 1.16 bits per heavy atom. The molecule has 1 saturated heterocycles. The molecule has 12 heteroatoms. The minimum Gasteiger partial charge on any atom is -0.481 e. The van der Waals surface area contributed by atoms with Gasteiger partial charge < -0.3 is 15.2 Å². The number of benzene rings is 2. The summed E-state index contributed by atoms with van der Waals surface area (Å²) in [4.78, 5) is 17.5. The van der Waals surface area contributed by atoms with Crippen LogP contribution < -0.4 is 10.1 Å². The number of nitrogens with zero attached hydrogens (tertiary/aromatic N) is 5. The van der Waals surface area contributed by atoms with Crippen LogP contribution in [0.1, 0.15) is 72.0 Å². The summed E-state index contributed by atoms with van der Waals surface area (Å²) in [6, 6.07) is 12.2. The smallest absolute Gasteiger partial charge is 0.310 e. The molecule has 1 saturated carbocycles. The van der Waals surface area contributed by atoms with Crippen molar-refractivity contribution < 1.29 is 23.7 Å².